The van der Waals surface area contributed by atoms with Crippen LogP contribution in [0.4, 0.5) is 0 Å². The molecule has 4 nitrogen and oxygen atoms in total. The molecular formula is C23H28N4. The quantitative estimate of drug-likeness (QED) is 0.587. The fraction of sp³-hybridized carbons (Fsp3) is 0.435. The summed E-state index contributed by atoms with van der Waals surface area (Å²) in [6.07, 6.45) is 8.66. The third kappa shape index (κ3) is 3.28. The van der Waals surface area contributed by atoms with Gasteiger partial charge >= 0.3 is 0 Å². The third-order valence-electron chi connectivity index (χ3n) is 6.43. The van der Waals surface area contributed by atoms with Crippen LogP contribution in [0.1, 0.15) is 47.9 Å². The van der Waals surface area contributed by atoms with E-state index in [0.717, 1.165) is 31.8 Å². The largest absolute Gasteiger partial charge is 0.358 e. The summed E-state index contributed by atoms with van der Waals surface area (Å²) in [4.78, 5) is 8.03. The molecule has 2 aliphatic carbocycles. The van der Waals surface area contributed by atoms with Crippen LogP contribution in [0.5, 0.6) is 0 Å². The van der Waals surface area contributed by atoms with Crippen molar-refractivity contribution in [1.82, 2.24) is 15.3 Å². The maximum absolute atomic E-state index is 6.91. The molecule has 4 N–H and O–H groups in total. The zero-order valence-corrected chi connectivity index (χ0v) is 15.7. The summed E-state index contributed by atoms with van der Waals surface area (Å²) in [5.74, 6) is 1.59. The van der Waals surface area contributed by atoms with Crippen molar-refractivity contribution in [2.45, 2.75) is 43.6 Å². The molecule has 0 amide bonds. The number of nitrogens with two attached hydrogens (primary N) is 1. The fourth-order valence-corrected chi connectivity index (χ4v) is 4.79. The van der Waals surface area contributed by atoms with E-state index in [1.165, 1.54) is 40.6 Å². The number of aromatic amines is 1. The Bertz CT molecular complexity index is 913. The standard InChI is InChI=1S/C23H28N4/c24-23-18(9-11-26-13-15-7-8-15)22-17-5-1-2-6-20(17)27-21(22)12-19(23)16-4-3-10-25-14-16/h1-6,10,14-15,18-19,23,26-27H,7-9,11-13,24H2/t18-,19-,23+/m1/s1. The van der Waals surface area contributed by atoms with Crippen LogP contribution in [-0.4, -0.2) is 29.1 Å². The highest BCUT2D eigenvalue weighted by molar-refractivity contribution is 5.85. The molecule has 2 aromatic heterocycles. The molecule has 0 bridgehead atoms. The highest BCUT2D eigenvalue weighted by atomic mass is 14.9. The molecule has 0 spiro atoms. The molecule has 2 heterocycles. The first-order valence-electron chi connectivity index (χ1n) is 10.3. The first kappa shape index (κ1) is 17.0. The molecule has 1 fully saturated rings. The molecule has 1 aromatic carbocycles. The second-order valence-corrected chi connectivity index (χ2v) is 8.28. The highest BCUT2D eigenvalue weighted by Gasteiger charge is 2.37. The Morgan fingerprint density at radius 3 is 2.85 bits per heavy atom. The minimum atomic E-state index is 0.114. The van der Waals surface area contributed by atoms with Gasteiger partial charge in [0.1, 0.15) is 0 Å². The molecular weight excluding hydrogens is 332 g/mol. The van der Waals surface area contributed by atoms with E-state index in [9.17, 15) is 0 Å². The van der Waals surface area contributed by atoms with E-state index < -0.39 is 0 Å². The summed E-state index contributed by atoms with van der Waals surface area (Å²) < 4.78 is 0. The van der Waals surface area contributed by atoms with Crippen LogP contribution in [0.3, 0.4) is 0 Å². The molecule has 4 heteroatoms. The van der Waals surface area contributed by atoms with Crippen LogP contribution in [0.25, 0.3) is 10.9 Å². The number of hydrogen-bond donors (Lipinski definition) is 3. The Morgan fingerprint density at radius 2 is 2.04 bits per heavy atom. The predicted molar refractivity (Wildman–Crippen MR) is 110 cm³/mol. The van der Waals surface area contributed by atoms with Crippen LogP contribution in [0.2, 0.25) is 0 Å². The molecule has 3 atom stereocenters. The molecule has 3 aromatic rings. The Morgan fingerprint density at radius 1 is 1.15 bits per heavy atom. The van der Waals surface area contributed by atoms with Crippen LogP contribution in [0, 0.1) is 5.92 Å². The van der Waals surface area contributed by atoms with Crippen LogP contribution < -0.4 is 11.1 Å². The summed E-state index contributed by atoms with van der Waals surface area (Å²) >= 11 is 0. The highest BCUT2D eigenvalue weighted by Crippen LogP contribution is 2.43. The van der Waals surface area contributed by atoms with E-state index in [1.54, 1.807) is 0 Å². The van der Waals surface area contributed by atoms with Gasteiger partial charge in [-0.25, -0.2) is 0 Å². The number of pyridine rings is 1. The molecule has 0 aliphatic heterocycles. The van der Waals surface area contributed by atoms with Crippen LogP contribution in [-0.2, 0) is 6.42 Å². The summed E-state index contributed by atoms with van der Waals surface area (Å²) in [5.41, 5.74) is 12.2. The number of rotatable bonds is 6. The Hall–Kier alpha value is -2.17. The lowest BCUT2D eigenvalue weighted by molar-refractivity contribution is 0.391. The van der Waals surface area contributed by atoms with E-state index in [-0.39, 0.29) is 6.04 Å². The normalized spacial score (nSPS) is 24.9. The van der Waals surface area contributed by atoms with Gasteiger partial charge in [0.25, 0.3) is 0 Å². The van der Waals surface area contributed by atoms with Gasteiger partial charge in [-0.15, -0.1) is 0 Å². The number of para-hydroxylation sites is 1. The average Bonchev–Trinajstić information content (AvgIpc) is 3.46. The van der Waals surface area contributed by atoms with E-state index in [1.807, 2.05) is 18.5 Å². The van der Waals surface area contributed by atoms with Crippen LogP contribution >= 0.6 is 0 Å². The SMILES string of the molecule is N[C@@H]1[C@@H](c2cccnc2)Cc2[nH]c3ccccc3c2[C@H]1CCNCC1CC1. The monoisotopic (exact) mass is 360 g/mol. The van der Waals surface area contributed by atoms with Gasteiger partial charge in [-0.2, -0.15) is 0 Å². The second kappa shape index (κ2) is 7.10. The first-order chi connectivity index (χ1) is 13.3. The number of aromatic nitrogens is 2. The van der Waals surface area contributed by atoms with E-state index in [2.05, 4.69) is 45.6 Å². The zero-order valence-electron chi connectivity index (χ0n) is 15.7. The van der Waals surface area contributed by atoms with Crippen molar-refractivity contribution < 1.29 is 0 Å². The topological polar surface area (TPSA) is 66.7 Å². The number of fused-ring (bicyclic) bond motifs is 3. The number of hydrogen-bond acceptors (Lipinski definition) is 3. The lowest BCUT2D eigenvalue weighted by Crippen LogP contribution is -2.41. The minimum absolute atomic E-state index is 0.114. The zero-order chi connectivity index (χ0) is 18.2. The molecule has 27 heavy (non-hydrogen) atoms. The summed E-state index contributed by atoms with van der Waals surface area (Å²) in [6.45, 7) is 2.20. The van der Waals surface area contributed by atoms with E-state index in [4.69, 9.17) is 5.73 Å². The molecule has 5 rings (SSSR count). The van der Waals surface area contributed by atoms with Crippen molar-refractivity contribution in [2.75, 3.05) is 13.1 Å². The van der Waals surface area contributed by atoms with Crippen molar-refractivity contribution in [3.63, 3.8) is 0 Å². The minimum Gasteiger partial charge on any atom is -0.358 e. The van der Waals surface area contributed by atoms with Gasteiger partial charge in [0, 0.05) is 46.9 Å². The lowest BCUT2D eigenvalue weighted by atomic mass is 9.71. The van der Waals surface area contributed by atoms with Crippen molar-refractivity contribution in [1.29, 1.82) is 0 Å². The van der Waals surface area contributed by atoms with Gasteiger partial charge < -0.3 is 16.0 Å². The Labute approximate surface area is 160 Å². The third-order valence-corrected chi connectivity index (χ3v) is 6.43. The maximum Gasteiger partial charge on any atom is 0.0459 e. The molecule has 1 saturated carbocycles. The van der Waals surface area contributed by atoms with Gasteiger partial charge in [-0.05, 0) is 68.0 Å². The van der Waals surface area contributed by atoms with Crippen molar-refractivity contribution in [2.24, 2.45) is 11.7 Å². The molecule has 140 valence electrons. The van der Waals surface area contributed by atoms with E-state index in [0.29, 0.717) is 11.8 Å². The summed E-state index contributed by atoms with van der Waals surface area (Å²) in [7, 11) is 0. The summed E-state index contributed by atoms with van der Waals surface area (Å²) in [5, 5.41) is 5.01. The van der Waals surface area contributed by atoms with Gasteiger partial charge in [-0.1, -0.05) is 24.3 Å². The van der Waals surface area contributed by atoms with Gasteiger partial charge in [-0.3, -0.25) is 4.98 Å². The van der Waals surface area contributed by atoms with Gasteiger partial charge in [0.15, 0.2) is 0 Å². The van der Waals surface area contributed by atoms with Crippen molar-refractivity contribution >= 4 is 10.9 Å². The second-order valence-electron chi connectivity index (χ2n) is 8.28. The van der Waals surface area contributed by atoms with Crippen molar-refractivity contribution in [3.05, 3.63) is 65.6 Å². The average molecular weight is 361 g/mol. The number of nitrogens with one attached hydrogen (secondary N) is 2. The Balaban J connectivity index is 1.47. The number of benzene rings is 1. The summed E-state index contributed by atoms with van der Waals surface area (Å²) in [6, 6.07) is 13.0. The Kier molecular flexibility index (Phi) is 4.46. The first-order valence-corrected chi connectivity index (χ1v) is 10.3. The van der Waals surface area contributed by atoms with Crippen molar-refractivity contribution in [3.8, 4) is 0 Å². The number of H-pyrrole nitrogens is 1. The van der Waals surface area contributed by atoms with Gasteiger partial charge in [0.05, 0.1) is 0 Å². The fourth-order valence-electron chi connectivity index (χ4n) is 4.79. The van der Waals surface area contributed by atoms with Crippen LogP contribution in [0.15, 0.2) is 48.8 Å². The maximum atomic E-state index is 6.91. The lowest BCUT2D eigenvalue weighted by Gasteiger charge is -2.36. The molecule has 0 saturated heterocycles. The molecule has 0 unspecified atom stereocenters. The van der Waals surface area contributed by atoms with E-state index >= 15 is 0 Å². The molecule has 0 radical (unpaired) electrons. The number of nitrogens with zero attached hydrogens (tertiary/aromatic N) is 1. The smallest absolute Gasteiger partial charge is 0.0459 e. The predicted octanol–water partition coefficient (Wildman–Crippen LogP) is 3.70. The molecule has 2 aliphatic rings. The van der Waals surface area contributed by atoms with Gasteiger partial charge in [0.2, 0.25) is 0 Å².